The summed E-state index contributed by atoms with van der Waals surface area (Å²) >= 11 is 0. The lowest BCUT2D eigenvalue weighted by atomic mass is 10.2. The minimum atomic E-state index is -5.95. The number of aryl methyl sites for hydroxylation is 2. The quantitative estimate of drug-likeness (QED) is 0.579. The SMILES string of the molecule is Cc1ccc(S(=O)(=O)N(C(N)=O)S(=O)(=O)N(C(N)=O)S(=O)(=O)c2ccc(C)cc2)cc1. The number of benzene rings is 2. The molecule has 0 saturated heterocycles. The lowest BCUT2D eigenvalue weighted by Gasteiger charge is -2.26. The summed E-state index contributed by atoms with van der Waals surface area (Å²) in [5.41, 5.74) is 11.2. The van der Waals surface area contributed by atoms with E-state index in [9.17, 15) is 34.8 Å². The Morgan fingerprint density at radius 2 is 0.871 bits per heavy atom. The number of hydrogen-bond donors (Lipinski definition) is 2. The molecule has 0 heterocycles. The number of rotatable bonds is 6. The minimum Gasteiger partial charge on any atom is -0.350 e. The van der Waals surface area contributed by atoms with E-state index in [1.165, 1.54) is 24.3 Å². The van der Waals surface area contributed by atoms with Gasteiger partial charge >= 0.3 is 22.3 Å². The monoisotopic (exact) mass is 490 g/mol. The molecule has 0 radical (unpaired) electrons. The van der Waals surface area contributed by atoms with Crippen molar-refractivity contribution in [2.75, 3.05) is 0 Å². The van der Waals surface area contributed by atoms with Crippen LogP contribution < -0.4 is 11.5 Å². The number of hydrogen-bond acceptors (Lipinski definition) is 8. The van der Waals surface area contributed by atoms with E-state index in [0.717, 1.165) is 24.3 Å². The zero-order chi connectivity index (χ0) is 23.8. The third kappa shape index (κ3) is 4.47. The van der Waals surface area contributed by atoms with E-state index in [4.69, 9.17) is 11.5 Å². The first-order valence-electron chi connectivity index (χ1n) is 8.21. The molecule has 31 heavy (non-hydrogen) atoms. The van der Waals surface area contributed by atoms with Crippen molar-refractivity contribution in [3.63, 3.8) is 0 Å². The Hall–Kier alpha value is -3.17. The van der Waals surface area contributed by atoms with Crippen LogP contribution in [0.4, 0.5) is 9.59 Å². The van der Waals surface area contributed by atoms with Gasteiger partial charge in [-0.1, -0.05) is 42.8 Å². The fourth-order valence-electron chi connectivity index (χ4n) is 2.39. The molecule has 2 aromatic carbocycles. The number of urea groups is 2. The van der Waals surface area contributed by atoms with Crippen LogP contribution in [0.1, 0.15) is 11.1 Å². The van der Waals surface area contributed by atoms with Crippen LogP contribution in [-0.2, 0) is 30.3 Å². The van der Waals surface area contributed by atoms with Crippen molar-refractivity contribution in [3.8, 4) is 0 Å². The first-order valence-corrected chi connectivity index (χ1v) is 12.5. The summed E-state index contributed by atoms with van der Waals surface area (Å²) in [5.74, 6) is 0. The number of nitrogens with zero attached hydrogens (tertiary/aromatic N) is 2. The van der Waals surface area contributed by atoms with E-state index >= 15 is 0 Å². The second-order valence-electron chi connectivity index (χ2n) is 6.21. The third-order valence-corrected chi connectivity index (χ3v) is 10.3. The van der Waals surface area contributed by atoms with Crippen molar-refractivity contribution in [3.05, 3.63) is 59.7 Å². The molecular weight excluding hydrogens is 472 g/mol. The summed E-state index contributed by atoms with van der Waals surface area (Å²) in [4.78, 5) is 22.4. The van der Waals surface area contributed by atoms with Gasteiger partial charge in [0.2, 0.25) is 0 Å². The van der Waals surface area contributed by atoms with Crippen LogP contribution >= 0.6 is 0 Å². The lowest BCUT2D eigenvalue weighted by molar-refractivity contribution is 0.239. The van der Waals surface area contributed by atoms with E-state index in [0.29, 0.717) is 11.1 Å². The molecule has 0 saturated carbocycles. The van der Waals surface area contributed by atoms with E-state index in [1.807, 2.05) is 0 Å². The maximum Gasteiger partial charge on any atom is 0.361 e. The number of amides is 4. The second-order valence-corrected chi connectivity index (χ2v) is 11.9. The molecule has 0 bridgehead atoms. The summed E-state index contributed by atoms with van der Waals surface area (Å²) in [7, 11) is -16.4. The maximum absolute atomic E-state index is 13.0. The number of primary amides is 2. The van der Waals surface area contributed by atoms with Crippen LogP contribution in [0.3, 0.4) is 0 Å². The Morgan fingerprint density at radius 1 is 0.613 bits per heavy atom. The van der Waals surface area contributed by atoms with Gasteiger partial charge < -0.3 is 11.5 Å². The first-order chi connectivity index (χ1) is 14.1. The number of sulfonamides is 2. The van der Waals surface area contributed by atoms with Gasteiger partial charge in [-0.2, -0.15) is 25.3 Å². The van der Waals surface area contributed by atoms with Gasteiger partial charge in [-0.25, -0.2) is 9.59 Å². The molecule has 4 N–H and O–H groups in total. The fourth-order valence-corrected chi connectivity index (χ4v) is 7.82. The third-order valence-electron chi connectivity index (χ3n) is 3.85. The van der Waals surface area contributed by atoms with Crippen molar-refractivity contribution < 1.29 is 34.8 Å². The summed E-state index contributed by atoms with van der Waals surface area (Å²) in [5, 5.41) is 0. The molecule has 0 fully saturated rings. The second kappa shape index (κ2) is 8.16. The predicted octanol–water partition coefficient (Wildman–Crippen LogP) is 0.387. The molecule has 168 valence electrons. The van der Waals surface area contributed by atoms with Crippen molar-refractivity contribution in [1.82, 2.24) is 7.42 Å². The molecule has 0 aliphatic heterocycles. The summed E-state index contributed by atoms with van der Waals surface area (Å²) in [6, 6.07) is 4.93. The molecule has 4 amide bonds. The maximum atomic E-state index is 13.0. The van der Waals surface area contributed by atoms with Crippen LogP contribution in [0.2, 0.25) is 0 Å². The molecule has 0 atom stereocenters. The van der Waals surface area contributed by atoms with Crippen molar-refractivity contribution in [2.45, 2.75) is 23.6 Å². The molecule has 2 aromatic rings. The van der Waals surface area contributed by atoms with E-state index < -0.39 is 59.5 Å². The Balaban J connectivity index is 2.75. The highest BCUT2D eigenvalue weighted by molar-refractivity contribution is 8.10. The molecule has 0 aliphatic carbocycles. The molecule has 15 heteroatoms. The van der Waals surface area contributed by atoms with Crippen molar-refractivity contribution in [1.29, 1.82) is 0 Å². The standard InChI is InChI=1S/C16H18N4O8S3/c1-11-3-7-13(8-4-11)29(23,24)19(15(17)21)31(27,28)20(16(18)22)30(25,26)14-9-5-12(2)6-10-14/h3-10H,1-2H3,(H2,17,21)(H2,18,22). The molecule has 2 rings (SSSR count). The van der Waals surface area contributed by atoms with Gasteiger partial charge in [-0.3, -0.25) is 0 Å². The molecule has 0 aromatic heterocycles. The number of nitrogens with two attached hydrogens (primary N) is 2. The van der Waals surface area contributed by atoms with Gasteiger partial charge in [0, 0.05) is 0 Å². The summed E-state index contributed by atoms with van der Waals surface area (Å²) in [6.45, 7) is 3.23. The van der Waals surface area contributed by atoms with Crippen LogP contribution in [0.5, 0.6) is 0 Å². The highest BCUT2D eigenvalue weighted by Gasteiger charge is 2.49. The van der Waals surface area contributed by atoms with Gasteiger partial charge in [-0.05, 0) is 38.1 Å². The first kappa shape index (κ1) is 24.1. The molecule has 12 nitrogen and oxygen atoms in total. The average molecular weight is 491 g/mol. The fraction of sp³-hybridized carbons (Fsp3) is 0.125. The van der Waals surface area contributed by atoms with Gasteiger partial charge in [-0.15, -0.1) is 0 Å². The smallest absolute Gasteiger partial charge is 0.350 e. The van der Waals surface area contributed by atoms with Gasteiger partial charge in [0.25, 0.3) is 20.0 Å². The molecule has 0 spiro atoms. The van der Waals surface area contributed by atoms with Gasteiger partial charge in [0.15, 0.2) is 0 Å². The normalized spacial score (nSPS) is 12.2. The Morgan fingerprint density at radius 3 is 1.10 bits per heavy atom. The highest BCUT2D eigenvalue weighted by Crippen LogP contribution is 2.26. The van der Waals surface area contributed by atoms with E-state index in [2.05, 4.69) is 0 Å². The van der Waals surface area contributed by atoms with E-state index in [-0.39, 0.29) is 0 Å². The highest BCUT2D eigenvalue weighted by atomic mass is 32.3. The van der Waals surface area contributed by atoms with Crippen LogP contribution in [0.25, 0.3) is 0 Å². The Bertz CT molecular complexity index is 1240. The Labute approximate surface area is 179 Å². The van der Waals surface area contributed by atoms with Gasteiger partial charge in [0.1, 0.15) is 0 Å². The minimum absolute atomic E-state index is 0.605. The zero-order valence-corrected chi connectivity index (χ0v) is 18.6. The van der Waals surface area contributed by atoms with Crippen LogP contribution in [0.15, 0.2) is 58.3 Å². The molecular formula is C16H18N4O8S3. The summed E-state index contributed by atoms with van der Waals surface area (Å²) in [6.07, 6.45) is 0. The predicted molar refractivity (Wildman–Crippen MR) is 108 cm³/mol. The van der Waals surface area contributed by atoms with Gasteiger partial charge in [0.05, 0.1) is 9.79 Å². The largest absolute Gasteiger partial charge is 0.361 e. The Kier molecular flexibility index (Phi) is 6.35. The average Bonchev–Trinajstić information content (AvgIpc) is 2.60. The summed E-state index contributed by atoms with van der Waals surface area (Å²) < 4.78 is 75.5. The van der Waals surface area contributed by atoms with Crippen LogP contribution in [0, 0.1) is 13.8 Å². The van der Waals surface area contributed by atoms with Crippen molar-refractivity contribution in [2.24, 2.45) is 11.5 Å². The molecule has 0 unspecified atom stereocenters. The van der Waals surface area contributed by atoms with Crippen molar-refractivity contribution >= 4 is 42.3 Å². The molecule has 0 aliphatic rings. The lowest BCUT2D eigenvalue weighted by Crippen LogP contribution is -2.56. The van der Waals surface area contributed by atoms with Crippen LogP contribution in [-0.4, -0.2) is 44.7 Å². The topological polar surface area (TPSA) is 195 Å². The number of carbonyl (C=O) groups is 2. The number of carbonyl (C=O) groups excluding carboxylic acids is 2. The zero-order valence-electron chi connectivity index (χ0n) is 16.2. The van der Waals surface area contributed by atoms with E-state index in [1.54, 1.807) is 13.8 Å².